The molecule has 0 aliphatic rings. The van der Waals surface area contributed by atoms with Crippen LogP contribution in [0, 0.1) is 6.92 Å². The summed E-state index contributed by atoms with van der Waals surface area (Å²) in [4.78, 5) is 0.202. The molecule has 3 rings (SSSR count). The van der Waals surface area contributed by atoms with Gasteiger partial charge in [-0.25, -0.2) is 8.42 Å². The number of hydrogen-bond acceptors (Lipinski definition) is 4. The lowest BCUT2D eigenvalue weighted by Gasteiger charge is -2.34. The van der Waals surface area contributed by atoms with Crippen molar-refractivity contribution >= 4 is 9.84 Å². The lowest BCUT2D eigenvalue weighted by atomic mass is 9.93. The molecule has 0 bridgehead atoms. The van der Waals surface area contributed by atoms with Crippen LogP contribution in [-0.4, -0.2) is 8.42 Å². The average molecular weight is 366 g/mol. The first-order chi connectivity index (χ1) is 12.3. The number of sulfone groups is 1. The summed E-state index contributed by atoms with van der Waals surface area (Å²) in [5, 5.41) is -1.12. The second kappa shape index (κ2) is 7.03. The normalized spacial score (nSPS) is 13.3. The van der Waals surface area contributed by atoms with E-state index in [1.165, 1.54) is 0 Å². The standard InChI is InChI=1S/C21H22N2O2S/c1-16-12-14-19(15-13-16)26(24,25)20(17-8-4-2-5-9-17)21(22,23)18-10-6-3-7-11-18/h2-15,20H,22-23H2,1H3/t20-/m0/s1. The van der Waals surface area contributed by atoms with Crippen molar-refractivity contribution in [2.75, 3.05) is 0 Å². The topological polar surface area (TPSA) is 86.2 Å². The summed E-state index contributed by atoms with van der Waals surface area (Å²) in [5.74, 6) is 0. The number of benzene rings is 3. The van der Waals surface area contributed by atoms with E-state index in [4.69, 9.17) is 11.5 Å². The Morgan fingerprint density at radius 2 is 1.27 bits per heavy atom. The van der Waals surface area contributed by atoms with E-state index in [0.717, 1.165) is 5.56 Å². The first-order valence-electron chi connectivity index (χ1n) is 8.32. The zero-order valence-corrected chi connectivity index (χ0v) is 15.4. The van der Waals surface area contributed by atoms with Crippen LogP contribution in [0.3, 0.4) is 0 Å². The number of aryl methyl sites for hydroxylation is 1. The van der Waals surface area contributed by atoms with Crippen LogP contribution >= 0.6 is 0 Å². The Morgan fingerprint density at radius 3 is 1.81 bits per heavy atom. The van der Waals surface area contributed by atoms with Crippen LogP contribution in [0.5, 0.6) is 0 Å². The van der Waals surface area contributed by atoms with Crippen LogP contribution in [0.1, 0.15) is 21.9 Å². The maximum absolute atomic E-state index is 13.5. The molecule has 4 nitrogen and oxygen atoms in total. The third-order valence-corrected chi connectivity index (χ3v) is 6.68. The van der Waals surface area contributed by atoms with Gasteiger partial charge in [0.1, 0.15) is 10.9 Å². The molecular formula is C21H22N2O2S. The SMILES string of the molecule is Cc1ccc(S(=O)(=O)[C@@H](c2ccccc2)C(N)(N)c2ccccc2)cc1. The Morgan fingerprint density at radius 1 is 0.769 bits per heavy atom. The Labute approximate surface area is 154 Å². The van der Waals surface area contributed by atoms with Crippen LogP contribution in [0.4, 0.5) is 0 Å². The van der Waals surface area contributed by atoms with Crippen molar-refractivity contribution < 1.29 is 8.42 Å². The fourth-order valence-electron chi connectivity index (χ4n) is 3.08. The smallest absolute Gasteiger partial charge is 0.188 e. The van der Waals surface area contributed by atoms with Gasteiger partial charge in [-0.1, -0.05) is 78.4 Å². The molecule has 0 aliphatic heterocycles. The lowest BCUT2D eigenvalue weighted by molar-refractivity contribution is 0.428. The van der Waals surface area contributed by atoms with Gasteiger partial charge >= 0.3 is 0 Å². The molecule has 0 saturated heterocycles. The van der Waals surface area contributed by atoms with Gasteiger partial charge < -0.3 is 11.5 Å². The minimum absolute atomic E-state index is 0.202. The molecule has 0 heterocycles. The fourth-order valence-corrected chi connectivity index (χ4v) is 5.03. The quantitative estimate of drug-likeness (QED) is 0.679. The molecule has 4 N–H and O–H groups in total. The van der Waals surface area contributed by atoms with Crippen LogP contribution in [-0.2, 0) is 15.5 Å². The van der Waals surface area contributed by atoms with Crippen LogP contribution < -0.4 is 11.5 Å². The zero-order chi connectivity index (χ0) is 18.8. The van der Waals surface area contributed by atoms with Gasteiger partial charge in [0.15, 0.2) is 9.84 Å². The average Bonchev–Trinajstić information content (AvgIpc) is 2.63. The molecule has 1 atom stereocenters. The summed E-state index contributed by atoms with van der Waals surface area (Å²) >= 11 is 0. The predicted octanol–water partition coefficient (Wildman–Crippen LogP) is 3.28. The molecule has 3 aromatic carbocycles. The summed E-state index contributed by atoms with van der Waals surface area (Å²) in [7, 11) is -3.83. The predicted molar refractivity (Wildman–Crippen MR) is 104 cm³/mol. The highest BCUT2D eigenvalue weighted by Gasteiger charge is 2.44. The fraction of sp³-hybridized carbons (Fsp3) is 0.143. The van der Waals surface area contributed by atoms with Gasteiger partial charge in [0.05, 0.1) is 4.90 Å². The van der Waals surface area contributed by atoms with E-state index in [-0.39, 0.29) is 4.90 Å². The van der Waals surface area contributed by atoms with Gasteiger partial charge in [-0.15, -0.1) is 0 Å². The highest BCUT2D eigenvalue weighted by atomic mass is 32.2. The lowest BCUT2D eigenvalue weighted by Crippen LogP contribution is -2.53. The molecule has 134 valence electrons. The van der Waals surface area contributed by atoms with E-state index < -0.39 is 20.8 Å². The van der Waals surface area contributed by atoms with Crippen molar-refractivity contribution in [3.8, 4) is 0 Å². The summed E-state index contributed by atoms with van der Waals surface area (Å²) in [6, 6.07) is 24.6. The van der Waals surface area contributed by atoms with E-state index in [1.807, 2.05) is 19.1 Å². The van der Waals surface area contributed by atoms with Crippen molar-refractivity contribution in [2.24, 2.45) is 11.5 Å². The second-order valence-corrected chi connectivity index (χ2v) is 8.48. The molecule has 0 radical (unpaired) electrons. The molecule has 0 aromatic heterocycles. The molecule has 0 amide bonds. The van der Waals surface area contributed by atoms with Gasteiger partial charge in [-0.2, -0.15) is 0 Å². The van der Waals surface area contributed by atoms with E-state index in [1.54, 1.807) is 72.8 Å². The third-order valence-electron chi connectivity index (χ3n) is 4.47. The summed E-state index contributed by atoms with van der Waals surface area (Å²) < 4.78 is 27.0. The van der Waals surface area contributed by atoms with Crippen LogP contribution in [0.2, 0.25) is 0 Å². The van der Waals surface area contributed by atoms with Gasteiger partial charge in [0, 0.05) is 0 Å². The minimum atomic E-state index is -3.83. The van der Waals surface area contributed by atoms with Gasteiger partial charge in [-0.3, -0.25) is 0 Å². The molecule has 3 aromatic rings. The van der Waals surface area contributed by atoms with Crippen molar-refractivity contribution in [3.63, 3.8) is 0 Å². The van der Waals surface area contributed by atoms with Gasteiger partial charge in [0.25, 0.3) is 0 Å². The van der Waals surface area contributed by atoms with Crippen LogP contribution in [0.25, 0.3) is 0 Å². The molecule has 0 fully saturated rings. The largest absolute Gasteiger partial charge is 0.308 e. The van der Waals surface area contributed by atoms with E-state index in [2.05, 4.69) is 0 Å². The number of rotatable bonds is 5. The first kappa shape index (κ1) is 18.3. The molecule has 26 heavy (non-hydrogen) atoms. The molecule has 0 unspecified atom stereocenters. The molecule has 0 aliphatic carbocycles. The monoisotopic (exact) mass is 366 g/mol. The van der Waals surface area contributed by atoms with E-state index >= 15 is 0 Å². The Bertz CT molecular complexity index is 968. The maximum atomic E-state index is 13.5. The summed E-state index contributed by atoms with van der Waals surface area (Å²) in [6.45, 7) is 1.91. The molecular weight excluding hydrogens is 344 g/mol. The Balaban J connectivity index is 2.21. The molecule has 0 saturated carbocycles. The highest BCUT2D eigenvalue weighted by molar-refractivity contribution is 7.91. The van der Waals surface area contributed by atoms with Gasteiger partial charge in [0.2, 0.25) is 0 Å². The van der Waals surface area contributed by atoms with Gasteiger partial charge in [-0.05, 0) is 30.2 Å². The minimum Gasteiger partial charge on any atom is -0.308 e. The summed E-state index contributed by atoms with van der Waals surface area (Å²) in [5.41, 5.74) is 13.4. The second-order valence-electron chi connectivity index (χ2n) is 6.45. The Hall–Kier alpha value is -2.47. The summed E-state index contributed by atoms with van der Waals surface area (Å²) in [6.07, 6.45) is 0. The van der Waals surface area contributed by atoms with Crippen LogP contribution in [0.15, 0.2) is 89.8 Å². The Kier molecular flexibility index (Phi) is 4.96. The highest BCUT2D eigenvalue weighted by Crippen LogP contribution is 2.39. The number of nitrogens with two attached hydrogens (primary N) is 2. The van der Waals surface area contributed by atoms with E-state index in [0.29, 0.717) is 11.1 Å². The zero-order valence-electron chi connectivity index (χ0n) is 14.5. The third kappa shape index (κ3) is 3.42. The van der Waals surface area contributed by atoms with Crippen molar-refractivity contribution in [1.29, 1.82) is 0 Å². The van der Waals surface area contributed by atoms with Crippen molar-refractivity contribution in [2.45, 2.75) is 22.7 Å². The molecule has 0 spiro atoms. The van der Waals surface area contributed by atoms with Crippen molar-refractivity contribution in [1.82, 2.24) is 0 Å². The maximum Gasteiger partial charge on any atom is 0.188 e. The molecule has 5 heteroatoms. The number of hydrogen-bond donors (Lipinski definition) is 2. The van der Waals surface area contributed by atoms with E-state index in [9.17, 15) is 8.42 Å². The first-order valence-corrected chi connectivity index (χ1v) is 9.87. The van der Waals surface area contributed by atoms with Crippen molar-refractivity contribution in [3.05, 3.63) is 102 Å².